The van der Waals surface area contributed by atoms with Crippen LogP contribution in [0.25, 0.3) is 0 Å². The molecule has 0 saturated carbocycles. The number of hydrogen-bond donors (Lipinski definition) is 2. The summed E-state index contributed by atoms with van der Waals surface area (Å²) in [7, 11) is 1.50. The number of rotatable bonds is 6. The van der Waals surface area contributed by atoms with Crippen molar-refractivity contribution in [1.29, 1.82) is 5.26 Å². The van der Waals surface area contributed by atoms with Crippen LogP contribution in [0.4, 0.5) is 5.69 Å². The summed E-state index contributed by atoms with van der Waals surface area (Å²) < 4.78 is 10.8. The zero-order valence-corrected chi connectivity index (χ0v) is 14.9. The van der Waals surface area contributed by atoms with Gasteiger partial charge in [0.05, 0.1) is 36.6 Å². The number of benzene rings is 2. The van der Waals surface area contributed by atoms with Crippen LogP contribution in [-0.4, -0.2) is 30.4 Å². The summed E-state index contributed by atoms with van der Waals surface area (Å²) in [5.41, 5.74) is 3.55. The summed E-state index contributed by atoms with van der Waals surface area (Å²) in [6.07, 6.45) is 0. The number of ether oxygens (including phenoxy) is 2. The Kier molecular flexibility index (Phi) is 4.96. The molecule has 2 aromatic rings. The first-order valence-corrected chi connectivity index (χ1v) is 8.25. The van der Waals surface area contributed by atoms with Crippen LogP contribution in [0.1, 0.15) is 39.2 Å². The van der Waals surface area contributed by atoms with E-state index in [2.05, 4.69) is 5.43 Å². The van der Waals surface area contributed by atoms with E-state index in [0.29, 0.717) is 29.4 Å². The van der Waals surface area contributed by atoms with Crippen LogP contribution < -0.4 is 20.7 Å². The number of nitriles is 1. The number of imide groups is 1. The maximum absolute atomic E-state index is 12.9. The maximum atomic E-state index is 12.9. The molecule has 0 bridgehead atoms. The molecule has 1 atom stereocenters. The molecule has 3 N–H and O–H groups in total. The largest absolute Gasteiger partial charge is 0.493 e. The van der Waals surface area contributed by atoms with Crippen molar-refractivity contribution in [1.82, 2.24) is 4.90 Å². The van der Waals surface area contributed by atoms with Gasteiger partial charge in [0.1, 0.15) is 0 Å². The number of carbonyl (C=O) groups excluding carboxylic acids is 2. The summed E-state index contributed by atoms with van der Waals surface area (Å²) in [5.74, 6) is 5.25. The topological polar surface area (TPSA) is 118 Å². The Morgan fingerprint density at radius 2 is 2.00 bits per heavy atom. The monoisotopic (exact) mass is 366 g/mol. The Balaban J connectivity index is 2.05. The molecule has 27 heavy (non-hydrogen) atoms. The third kappa shape index (κ3) is 2.94. The number of amides is 2. The second kappa shape index (κ2) is 7.35. The lowest BCUT2D eigenvalue weighted by molar-refractivity contribution is 0.0618. The Bertz CT molecular complexity index is 951. The minimum atomic E-state index is -1.12. The fourth-order valence-corrected chi connectivity index (χ4v) is 3.07. The van der Waals surface area contributed by atoms with E-state index in [1.165, 1.54) is 13.2 Å². The van der Waals surface area contributed by atoms with Crippen molar-refractivity contribution < 1.29 is 19.1 Å². The SMILES string of the molecule is CCOc1cc(C(C#N)N2C(=O)c3cccc(NN)c3C2=O)ccc1OC. The number of anilines is 1. The molecule has 0 radical (unpaired) electrons. The number of nitrogens with one attached hydrogen (secondary N) is 1. The quantitative estimate of drug-likeness (QED) is 0.457. The molecule has 0 aromatic heterocycles. The molecule has 1 aliphatic heterocycles. The minimum absolute atomic E-state index is 0.156. The minimum Gasteiger partial charge on any atom is -0.493 e. The summed E-state index contributed by atoms with van der Waals surface area (Å²) in [6.45, 7) is 2.22. The fraction of sp³-hybridized carbons (Fsp3) is 0.211. The van der Waals surface area contributed by atoms with Gasteiger partial charge in [-0.2, -0.15) is 5.26 Å². The van der Waals surface area contributed by atoms with Crippen molar-refractivity contribution in [3.05, 3.63) is 53.1 Å². The van der Waals surface area contributed by atoms with Gasteiger partial charge in [-0.3, -0.25) is 20.3 Å². The molecule has 3 rings (SSSR count). The number of carbonyl (C=O) groups is 2. The van der Waals surface area contributed by atoms with Gasteiger partial charge in [0.15, 0.2) is 17.5 Å². The van der Waals surface area contributed by atoms with Gasteiger partial charge < -0.3 is 14.9 Å². The molecular weight excluding hydrogens is 348 g/mol. The van der Waals surface area contributed by atoms with Crippen LogP contribution in [0.2, 0.25) is 0 Å². The average Bonchev–Trinajstić information content (AvgIpc) is 2.94. The third-order valence-corrected chi connectivity index (χ3v) is 4.29. The molecular formula is C19H18N4O4. The standard InChI is InChI=1S/C19H18N4O4/c1-3-27-16-9-11(7-8-15(16)26-2)14(10-20)23-18(24)12-5-4-6-13(22-21)17(12)19(23)25/h4-9,14,22H,3,21H2,1-2H3. The molecule has 0 spiro atoms. The van der Waals surface area contributed by atoms with E-state index in [1.807, 2.05) is 13.0 Å². The number of nitrogens with two attached hydrogens (primary N) is 1. The lowest BCUT2D eigenvalue weighted by Crippen LogP contribution is -2.33. The highest BCUT2D eigenvalue weighted by Crippen LogP contribution is 2.37. The second-order valence-electron chi connectivity index (χ2n) is 5.73. The number of fused-ring (bicyclic) bond motifs is 1. The van der Waals surface area contributed by atoms with E-state index in [4.69, 9.17) is 15.3 Å². The molecule has 138 valence electrons. The van der Waals surface area contributed by atoms with Gasteiger partial charge in [0.2, 0.25) is 0 Å². The number of hydrazine groups is 1. The van der Waals surface area contributed by atoms with Crippen LogP contribution in [0.5, 0.6) is 11.5 Å². The molecule has 1 heterocycles. The molecule has 2 aromatic carbocycles. The lowest BCUT2D eigenvalue weighted by atomic mass is 10.1. The molecule has 0 fully saturated rings. The Morgan fingerprint density at radius 1 is 1.22 bits per heavy atom. The highest BCUT2D eigenvalue weighted by molar-refractivity contribution is 6.24. The predicted molar refractivity (Wildman–Crippen MR) is 97.3 cm³/mol. The smallest absolute Gasteiger partial charge is 0.265 e. The van der Waals surface area contributed by atoms with Gasteiger partial charge in [-0.1, -0.05) is 12.1 Å². The van der Waals surface area contributed by atoms with Crippen LogP contribution in [0.15, 0.2) is 36.4 Å². The van der Waals surface area contributed by atoms with Crippen LogP contribution in [-0.2, 0) is 0 Å². The Hall–Kier alpha value is -3.57. The van der Waals surface area contributed by atoms with Gasteiger partial charge in [-0.15, -0.1) is 0 Å². The second-order valence-corrected chi connectivity index (χ2v) is 5.73. The van der Waals surface area contributed by atoms with Gasteiger partial charge in [0.25, 0.3) is 11.8 Å². The van der Waals surface area contributed by atoms with Crippen molar-refractivity contribution in [2.75, 3.05) is 19.1 Å². The van der Waals surface area contributed by atoms with Crippen LogP contribution in [0, 0.1) is 11.3 Å². The highest BCUT2D eigenvalue weighted by Gasteiger charge is 2.42. The van der Waals surface area contributed by atoms with E-state index in [0.717, 1.165) is 4.90 Å². The number of nitrogen functional groups attached to an aromatic ring is 1. The third-order valence-electron chi connectivity index (χ3n) is 4.29. The normalized spacial score (nSPS) is 13.8. The van der Waals surface area contributed by atoms with Crippen LogP contribution in [0.3, 0.4) is 0 Å². The van der Waals surface area contributed by atoms with Crippen molar-refractivity contribution in [3.8, 4) is 17.6 Å². The lowest BCUT2D eigenvalue weighted by Gasteiger charge is -2.21. The molecule has 1 aliphatic rings. The molecule has 2 amide bonds. The molecule has 8 heteroatoms. The van der Waals surface area contributed by atoms with Gasteiger partial charge in [0, 0.05) is 0 Å². The van der Waals surface area contributed by atoms with E-state index in [1.54, 1.807) is 30.3 Å². The highest BCUT2D eigenvalue weighted by atomic mass is 16.5. The fourth-order valence-electron chi connectivity index (χ4n) is 3.07. The van der Waals surface area contributed by atoms with E-state index in [-0.39, 0.29) is 11.1 Å². The maximum Gasteiger partial charge on any atom is 0.265 e. The number of hydrogen-bond acceptors (Lipinski definition) is 7. The molecule has 0 aliphatic carbocycles. The number of methoxy groups -OCH3 is 1. The molecule has 8 nitrogen and oxygen atoms in total. The first-order valence-electron chi connectivity index (χ1n) is 8.25. The first kappa shape index (κ1) is 18.2. The number of nitrogens with zero attached hydrogens (tertiary/aromatic N) is 2. The van der Waals surface area contributed by atoms with Crippen molar-refractivity contribution in [2.24, 2.45) is 5.84 Å². The van der Waals surface area contributed by atoms with Crippen molar-refractivity contribution >= 4 is 17.5 Å². The predicted octanol–water partition coefficient (Wildman–Crippen LogP) is 2.24. The summed E-state index contributed by atoms with van der Waals surface area (Å²) in [4.78, 5) is 26.6. The van der Waals surface area contributed by atoms with E-state index in [9.17, 15) is 14.9 Å². The Labute approximate surface area is 156 Å². The van der Waals surface area contributed by atoms with Crippen LogP contribution >= 0.6 is 0 Å². The van der Waals surface area contributed by atoms with Crippen molar-refractivity contribution in [3.63, 3.8) is 0 Å². The van der Waals surface area contributed by atoms with Gasteiger partial charge in [-0.05, 0) is 36.8 Å². The zero-order valence-electron chi connectivity index (χ0n) is 14.9. The average molecular weight is 366 g/mol. The molecule has 1 unspecified atom stereocenters. The molecule has 0 saturated heterocycles. The van der Waals surface area contributed by atoms with Crippen molar-refractivity contribution in [2.45, 2.75) is 13.0 Å². The van der Waals surface area contributed by atoms with Gasteiger partial charge >= 0.3 is 0 Å². The van der Waals surface area contributed by atoms with E-state index < -0.39 is 17.9 Å². The van der Waals surface area contributed by atoms with E-state index >= 15 is 0 Å². The zero-order chi connectivity index (χ0) is 19.6. The first-order chi connectivity index (χ1) is 13.1. The van der Waals surface area contributed by atoms with Gasteiger partial charge in [-0.25, -0.2) is 0 Å². The Morgan fingerprint density at radius 3 is 2.63 bits per heavy atom. The summed E-state index contributed by atoms with van der Waals surface area (Å²) >= 11 is 0. The summed E-state index contributed by atoms with van der Waals surface area (Å²) in [6, 6.07) is 10.5. The summed E-state index contributed by atoms with van der Waals surface area (Å²) in [5, 5.41) is 9.72.